The van der Waals surface area contributed by atoms with Crippen LogP contribution in [-0.2, 0) is 29.2 Å². The van der Waals surface area contributed by atoms with Crippen LogP contribution in [-0.4, -0.2) is 40.2 Å². The summed E-state index contributed by atoms with van der Waals surface area (Å²) in [7, 11) is 0. The quantitative estimate of drug-likeness (QED) is 0.159. The highest BCUT2D eigenvalue weighted by atomic mass is 16.6. The Labute approximate surface area is 287 Å². The van der Waals surface area contributed by atoms with Gasteiger partial charge in [0.2, 0.25) is 6.10 Å². The zero-order valence-electron chi connectivity index (χ0n) is 29.8. The Morgan fingerprint density at radius 3 is 1.90 bits per heavy atom. The second kappa shape index (κ2) is 14.1. The third-order valence-electron chi connectivity index (χ3n) is 7.17. The summed E-state index contributed by atoms with van der Waals surface area (Å²) in [5, 5.41) is 3.83. The molecule has 0 saturated heterocycles. The summed E-state index contributed by atoms with van der Waals surface area (Å²) < 4.78 is 16.6. The van der Waals surface area contributed by atoms with Gasteiger partial charge < -0.3 is 19.5 Å². The molecule has 0 fully saturated rings. The lowest BCUT2D eigenvalue weighted by Gasteiger charge is -2.28. The van der Waals surface area contributed by atoms with Gasteiger partial charge in [0.25, 0.3) is 5.91 Å². The summed E-state index contributed by atoms with van der Waals surface area (Å²) >= 11 is 0. The lowest BCUT2D eigenvalue weighted by molar-refractivity contribution is -0.152. The number of aromatic nitrogens is 1. The standard InChI is InChI=1S/C39H45N3O7/c1-24(43)47-32(28-13-11-12-26(22-28)25-14-16-29(17-15-25)37(2,3)4)34(44)41-30-18-19-31-27(23-30)20-21-40-33(31)42(35(45)48-38(5,6)7)36(46)49-39(8,9)10/h11-23,32H,1-10H3,(H,41,44). The fourth-order valence-electron chi connectivity index (χ4n) is 4.97. The number of ether oxygens (including phenoxy) is 3. The normalized spacial score (nSPS) is 12.5. The van der Waals surface area contributed by atoms with Crippen LogP contribution in [0.1, 0.15) is 86.5 Å². The molecule has 10 nitrogen and oxygen atoms in total. The summed E-state index contributed by atoms with van der Waals surface area (Å²) in [5.41, 5.74) is 2.14. The maximum atomic E-state index is 13.7. The molecule has 3 aromatic carbocycles. The third kappa shape index (κ3) is 9.65. The molecule has 258 valence electrons. The molecule has 0 aliphatic carbocycles. The number of amides is 3. The molecular formula is C39H45N3O7. The van der Waals surface area contributed by atoms with Crippen molar-refractivity contribution in [1.29, 1.82) is 0 Å². The molecule has 3 amide bonds. The van der Waals surface area contributed by atoms with E-state index in [1.54, 1.807) is 71.9 Å². The van der Waals surface area contributed by atoms with Gasteiger partial charge in [0.05, 0.1) is 0 Å². The van der Waals surface area contributed by atoms with Gasteiger partial charge in [0, 0.05) is 29.8 Å². The molecule has 10 heteroatoms. The Morgan fingerprint density at radius 1 is 0.735 bits per heavy atom. The molecule has 1 N–H and O–H groups in total. The van der Waals surface area contributed by atoms with E-state index in [0.29, 0.717) is 22.0 Å². The number of benzene rings is 3. The second-order valence-corrected chi connectivity index (χ2v) is 14.8. The zero-order valence-corrected chi connectivity index (χ0v) is 29.8. The summed E-state index contributed by atoms with van der Waals surface area (Å²) in [6, 6.07) is 22.1. The molecule has 0 radical (unpaired) electrons. The minimum atomic E-state index is -1.23. The Bertz CT molecular complexity index is 1840. The van der Waals surface area contributed by atoms with E-state index in [4.69, 9.17) is 14.2 Å². The van der Waals surface area contributed by atoms with E-state index in [2.05, 4.69) is 43.2 Å². The summed E-state index contributed by atoms with van der Waals surface area (Å²) in [5.74, 6) is -1.17. The van der Waals surface area contributed by atoms with Crippen molar-refractivity contribution in [3.05, 3.63) is 90.1 Å². The second-order valence-electron chi connectivity index (χ2n) is 14.8. The Balaban J connectivity index is 1.66. The van der Waals surface area contributed by atoms with E-state index in [-0.39, 0.29) is 11.2 Å². The molecule has 4 rings (SSSR count). The monoisotopic (exact) mass is 667 g/mol. The first-order chi connectivity index (χ1) is 22.7. The van der Waals surface area contributed by atoms with Crippen LogP contribution in [0.15, 0.2) is 79.0 Å². The molecule has 1 atom stereocenters. The van der Waals surface area contributed by atoms with E-state index in [9.17, 15) is 19.2 Å². The van der Waals surface area contributed by atoms with Crippen LogP contribution in [0.5, 0.6) is 0 Å². The number of hydrogen-bond donors (Lipinski definition) is 1. The molecule has 1 heterocycles. The molecular weight excluding hydrogens is 622 g/mol. The SMILES string of the molecule is CC(=O)OC(C(=O)Nc1ccc2c(N(C(=O)OC(C)(C)C)C(=O)OC(C)(C)C)nccc2c1)c1cccc(-c2ccc(C(C)(C)C)cc2)c1. The van der Waals surface area contributed by atoms with Crippen LogP contribution in [0.2, 0.25) is 0 Å². The minimum Gasteiger partial charge on any atom is -0.447 e. The fourth-order valence-corrected chi connectivity index (χ4v) is 4.97. The number of rotatable bonds is 6. The largest absolute Gasteiger partial charge is 0.447 e. The highest BCUT2D eigenvalue weighted by molar-refractivity contribution is 6.14. The van der Waals surface area contributed by atoms with Crippen molar-refractivity contribution in [3.8, 4) is 11.1 Å². The van der Waals surface area contributed by atoms with Gasteiger partial charge in [0.15, 0.2) is 5.82 Å². The van der Waals surface area contributed by atoms with E-state index in [0.717, 1.165) is 16.0 Å². The topological polar surface area (TPSA) is 124 Å². The number of esters is 1. The van der Waals surface area contributed by atoms with E-state index >= 15 is 0 Å². The average molecular weight is 668 g/mol. The lowest BCUT2D eigenvalue weighted by atomic mass is 9.86. The van der Waals surface area contributed by atoms with Crippen LogP contribution in [0.4, 0.5) is 21.1 Å². The molecule has 0 spiro atoms. The molecule has 4 aromatic rings. The van der Waals surface area contributed by atoms with Crippen molar-refractivity contribution in [2.75, 3.05) is 10.2 Å². The first-order valence-electron chi connectivity index (χ1n) is 16.1. The van der Waals surface area contributed by atoms with E-state index < -0.39 is 41.4 Å². The minimum absolute atomic E-state index is 0.00372. The van der Waals surface area contributed by atoms with Gasteiger partial charge >= 0.3 is 18.2 Å². The Hall–Kier alpha value is -5.25. The number of hydrogen-bond acceptors (Lipinski definition) is 8. The number of imide groups is 1. The molecule has 0 aliphatic heterocycles. The van der Waals surface area contributed by atoms with Gasteiger partial charge in [-0.15, -0.1) is 0 Å². The average Bonchev–Trinajstić information content (AvgIpc) is 2.97. The van der Waals surface area contributed by atoms with Gasteiger partial charge in [-0.1, -0.05) is 63.2 Å². The van der Waals surface area contributed by atoms with Gasteiger partial charge in [-0.2, -0.15) is 4.90 Å². The molecule has 1 unspecified atom stereocenters. The maximum absolute atomic E-state index is 13.7. The first kappa shape index (κ1) is 36.6. The Kier molecular flexibility index (Phi) is 10.5. The van der Waals surface area contributed by atoms with Crippen LogP contribution in [0, 0.1) is 0 Å². The number of carbonyl (C=O) groups is 4. The smallest absolute Gasteiger partial charge is 0.425 e. The summed E-state index contributed by atoms with van der Waals surface area (Å²) in [6.07, 6.45) is -1.69. The number of nitrogens with one attached hydrogen (secondary N) is 1. The van der Waals surface area contributed by atoms with Crippen molar-refractivity contribution < 1.29 is 33.4 Å². The number of carbonyl (C=O) groups excluding carboxylic acids is 4. The number of anilines is 2. The molecule has 49 heavy (non-hydrogen) atoms. The summed E-state index contributed by atoms with van der Waals surface area (Å²) in [6.45, 7) is 17.8. The summed E-state index contributed by atoms with van der Waals surface area (Å²) in [4.78, 5) is 57.5. The van der Waals surface area contributed by atoms with Crippen LogP contribution < -0.4 is 10.2 Å². The van der Waals surface area contributed by atoms with Crippen LogP contribution >= 0.6 is 0 Å². The lowest BCUT2D eigenvalue weighted by Crippen LogP contribution is -2.44. The van der Waals surface area contributed by atoms with Crippen LogP contribution in [0.25, 0.3) is 21.9 Å². The van der Waals surface area contributed by atoms with Crippen molar-refractivity contribution in [1.82, 2.24) is 4.98 Å². The van der Waals surface area contributed by atoms with Crippen molar-refractivity contribution in [2.24, 2.45) is 0 Å². The highest BCUT2D eigenvalue weighted by Crippen LogP contribution is 2.32. The predicted octanol–water partition coefficient (Wildman–Crippen LogP) is 9.12. The van der Waals surface area contributed by atoms with Crippen molar-refractivity contribution in [2.45, 2.75) is 92.0 Å². The van der Waals surface area contributed by atoms with Crippen LogP contribution in [0.3, 0.4) is 0 Å². The number of nitrogens with zero attached hydrogens (tertiary/aromatic N) is 2. The molecule has 1 aromatic heterocycles. The fraction of sp³-hybridized carbons (Fsp3) is 0.359. The first-order valence-corrected chi connectivity index (χ1v) is 16.1. The third-order valence-corrected chi connectivity index (χ3v) is 7.17. The van der Waals surface area contributed by atoms with Gasteiger partial charge in [-0.3, -0.25) is 9.59 Å². The highest BCUT2D eigenvalue weighted by Gasteiger charge is 2.34. The number of fused-ring (bicyclic) bond motifs is 1. The maximum Gasteiger partial charge on any atom is 0.425 e. The van der Waals surface area contributed by atoms with Crippen molar-refractivity contribution >= 4 is 46.3 Å². The molecule has 0 bridgehead atoms. The molecule has 0 aliphatic rings. The van der Waals surface area contributed by atoms with E-state index in [1.165, 1.54) is 18.7 Å². The predicted molar refractivity (Wildman–Crippen MR) is 190 cm³/mol. The zero-order chi connectivity index (χ0) is 36.3. The van der Waals surface area contributed by atoms with Gasteiger partial charge in [0.1, 0.15) is 11.2 Å². The van der Waals surface area contributed by atoms with Gasteiger partial charge in [-0.25, -0.2) is 14.6 Å². The number of pyridine rings is 1. The Morgan fingerprint density at radius 2 is 1.35 bits per heavy atom. The van der Waals surface area contributed by atoms with Crippen molar-refractivity contribution in [3.63, 3.8) is 0 Å². The van der Waals surface area contributed by atoms with Gasteiger partial charge in [-0.05, 0) is 99.4 Å². The molecule has 0 saturated carbocycles. The van der Waals surface area contributed by atoms with E-state index in [1.807, 2.05) is 30.3 Å².